The number of aromatic nitrogens is 1. The largest absolute Gasteiger partial charge is 0.465 e. The molecule has 0 radical (unpaired) electrons. The molecule has 2 rings (SSSR count). The Kier molecular flexibility index (Phi) is 4.16. The Balaban J connectivity index is 2.47. The maximum absolute atomic E-state index is 13.6. The number of carbonyl (C=O) groups excluding carboxylic acids is 1. The normalized spacial score (nSPS) is 10.3. The number of halogens is 2. The number of anilines is 2. The van der Waals surface area contributed by atoms with Gasteiger partial charge in [0.15, 0.2) is 0 Å². The minimum absolute atomic E-state index is 0.0238. The van der Waals surface area contributed by atoms with Gasteiger partial charge in [-0.2, -0.15) is 0 Å². The minimum Gasteiger partial charge on any atom is -0.465 e. The van der Waals surface area contributed by atoms with Gasteiger partial charge in [-0.15, -0.1) is 0 Å². The van der Waals surface area contributed by atoms with Crippen LogP contribution in [0.15, 0.2) is 24.3 Å². The number of rotatable bonds is 3. The second-order valence-electron chi connectivity index (χ2n) is 4.53. The number of aryl methyl sites for hydroxylation is 2. The maximum atomic E-state index is 13.6. The van der Waals surface area contributed by atoms with Crippen LogP contribution in [0.25, 0.3) is 0 Å². The molecule has 110 valence electrons. The summed E-state index contributed by atoms with van der Waals surface area (Å²) < 4.78 is 31.3. The van der Waals surface area contributed by atoms with E-state index < -0.39 is 11.8 Å². The van der Waals surface area contributed by atoms with Gasteiger partial charge in [-0.3, -0.25) is 0 Å². The standard InChI is InChI=1S/C15H14F2N2O2/c1-8-6-10(16)4-5-13(8)19-14-11(15(20)21-3)7-12(17)9(2)18-14/h4-7H,1-3H3,(H,18,19). The van der Waals surface area contributed by atoms with E-state index >= 15 is 0 Å². The number of pyridine rings is 1. The minimum atomic E-state index is -0.705. The highest BCUT2D eigenvalue weighted by Crippen LogP contribution is 2.24. The lowest BCUT2D eigenvalue weighted by Gasteiger charge is -2.13. The molecule has 0 fully saturated rings. The first-order valence-electron chi connectivity index (χ1n) is 6.21. The Hall–Kier alpha value is -2.50. The van der Waals surface area contributed by atoms with Crippen LogP contribution in [0.2, 0.25) is 0 Å². The SMILES string of the molecule is COC(=O)c1cc(F)c(C)nc1Nc1ccc(F)cc1C. The summed E-state index contributed by atoms with van der Waals surface area (Å²) in [6.45, 7) is 3.19. The van der Waals surface area contributed by atoms with E-state index in [0.29, 0.717) is 11.3 Å². The molecule has 1 aromatic carbocycles. The molecule has 0 bridgehead atoms. The van der Waals surface area contributed by atoms with E-state index in [1.807, 2.05) is 0 Å². The summed E-state index contributed by atoms with van der Waals surface area (Å²) in [6.07, 6.45) is 0. The highest BCUT2D eigenvalue weighted by molar-refractivity contribution is 5.95. The highest BCUT2D eigenvalue weighted by atomic mass is 19.1. The maximum Gasteiger partial charge on any atom is 0.341 e. The van der Waals surface area contributed by atoms with E-state index in [-0.39, 0.29) is 22.9 Å². The lowest BCUT2D eigenvalue weighted by Crippen LogP contribution is -2.10. The molecule has 6 heteroatoms. The van der Waals surface area contributed by atoms with Gasteiger partial charge in [0.2, 0.25) is 0 Å². The first kappa shape index (κ1) is 14.9. The third kappa shape index (κ3) is 3.16. The quantitative estimate of drug-likeness (QED) is 0.880. The van der Waals surface area contributed by atoms with E-state index in [1.165, 1.54) is 32.2 Å². The van der Waals surface area contributed by atoms with Gasteiger partial charge in [0, 0.05) is 5.69 Å². The average Bonchev–Trinajstić information content (AvgIpc) is 2.44. The van der Waals surface area contributed by atoms with Gasteiger partial charge in [-0.25, -0.2) is 18.6 Å². The summed E-state index contributed by atoms with van der Waals surface area (Å²) in [5.74, 6) is -1.51. The second kappa shape index (κ2) is 5.87. The summed E-state index contributed by atoms with van der Waals surface area (Å²) in [4.78, 5) is 15.7. The Bertz CT molecular complexity index is 702. The van der Waals surface area contributed by atoms with Crippen LogP contribution in [-0.2, 0) is 4.74 Å². The predicted molar refractivity (Wildman–Crippen MR) is 74.7 cm³/mol. The molecule has 0 unspecified atom stereocenters. The van der Waals surface area contributed by atoms with Gasteiger partial charge in [0.1, 0.15) is 23.0 Å². The molecule has 0 aliphatic heterocycles. The first-order chi connectivity index (χ1) is 9.92. The van der Waals surface area contributed by atoms with Crippen LogP contribution < -0.4 is 5.32 Å². The lowest BCUT2D eigenvalue weighted by molar-refractivity contribution is 0.0601. The number of nitrogens with zero attached hydrogens (tertiary/aromatic N) is 1. The summed E-state index contributed by atoms with van der Waals surface area (Å²) >= 11 is 0. The smallest absolute Gasteiger partial charge is 0.341 e. The van der Waals surface area contributed by atoms with Crippen LogP contribution in [0.3, 0.4) is 0 Å². The van der Waals surface area contributed by atoms with Crippen LogP contribution in [0, 0.1) is 25.5 Å². The van der Waals surface area contributed by atoms with E-state index in [1.54, 1.807) is 6.92 Å². The topological polar surface area (TPSA) is 51.2 Å². The highest BCUT2D eigenvalue weighted by Gasteiger charge is 2.17. The molecule has 1 N–H and O–H groups in total. The molecular weight excluding hydrogens is 278 g/mol. The summed E-state index contributed by atoms with van der Waals surface area (Å²) in [5.41, 5.74) is 1.32. The monoisotopic (exact) mass is 292 g/mol. The fourth-order valence-electron chi connectivity index (χ4n) is 1.84. The Morgan fingerprint density at radius 3 is 2.57 bits per heavy atom. The first-order valence-corrected chi connectivity index (χ1v) is 6.21. The Morgan fingerprint density at radius 2 is 1.95 bits per heavy atom. The fourth-order valence-corrected chi connectivity index (χ4v) is 1.84. The number of hydrogen-bond acceptors (Lipinski definition) is 4. The molecule has 1 heterocycles. The molecule has 0 saturated heterocycles. The Morgan fingerprint density at radius 1 is 1.24 bits per heavy atom. The molecule has 1 aromatic heterocycles. The van der Waals surface area contributed by atoms with Gasteiger partial charge in [-0.1, -0.05) is 0 Å². The molecule has 4 nitrogen and oxygen atoms in total. The van der Waals surface area contributed by atoms with Crippen LogP contribution >= 0.6 is 0 Å². The average molecular weight is 292 g/mol. The van der Waals surface area contributed by atoms with E-state index in [0.717, 1.165) is 6.07 Å². The number of carbonyl (C=O) groups is 1. The molecule has 21 heavy (non-hydrogen) atoms. The van der Waals surface area contributed by atoms with Crippen molar-refractivity contribution in [3.8, 4) is 0 Å². The van der Waals surface area contributed by atoms with Crippen molar-refractivity contribution in [3.05, 3.63) is 52.7 Å². The third-order valence-electron chi connectivity index (χ3n) is 3.00. The summed E-state index contributed by atoms with van der Waals surface area (Å²) in [7, 11) is 1.20. The molecule has 0 aliphatic carbocycles. The van der Waals surface area contributed by atoms with E-state index in [2.05, 4.69) is 15.0 Å². The van der Waals surface area contributed by atoms with Crippen LogP contribution in [-0.4, -0.2) is 18.1 Å². The van der Waals surface area contributed by atoms with Crippen molar-refractivity contribution in [2.45, 2.75) is 13.8 Å². The van der Waals surface area contributed by atoms with Crippen molar-refractivity contribution in [1.82, 2.24) is 4.98 Å². The molecular formula is C15H14F2N2O2. The molecule has 2 aromatic rings. The number of esters is 1. The van der Waals surface area contributed by atoms with E-state index in [9.17, 15) is 13.6 Å². The van der Waals surface area contributed by atoms with Crippen LogP contribution in [0.1, 0.15) is 21.6 Å². The van der Waals surface area contributed by atoms with Gasteiger partial charge >= 0.3 is 5.97 Å². The molecule has 0 saturated carbocycles. The number of hydrogen-bond donors (Lipinski definition) is 1. The number of nitrogens with one attached hydrogen (secondary N) is 1. The van der Waals surface area contributed by atoms with Crippen LogP contribution in [0.5, 0.6) is 0 Å². The summed E-state index contributed by atoms with van der Waals surface area (Å²) in [6, 6.07) is 5.21. The van der Waals surface area contributed by atoms with Crippen molar-refractivity contribution < 1.29 is 18.3 Å². The van der Waals surface area contributed by atoms with Gasteiger partial charge in [0.25, 0.3) is 0 Å². The van der Waals surface area contributed by atoms with E-state index in [4.69, 9.17) is 0 Å². The van der Waals surface area contributed by atoms with Crippen molar-refractivity contribution in [2.75, 3.05) is 12.4 Å². The van der Waals surface area contributed by atoms with Crippen LogP contribution in [0.4, 0.5) is 20.3 Å². The second-order valence-corrected chi connectivity index (χ2v) is 4.53. The molecule has 0 atom stereocenters. The number of benzene rings is 1. The zero-order valence-electron chi connectivity index (χ0n) is 11.8. The zero-order valence-corrected chi connectivity index (χ0v) is 11.8. The third-order valence-corrected chi connectivity index (χ3v) is 3.00. The van der Waals surface area contributed by atoms with Crippen molar-refractivity contribution in [2.24, 2.45) is 0 Å². The van der Waals surface area contributed by atoms with Gasteiger partial charge in [-0.05, 0) is 43.7 Å². The lowest BCUT2D eigenvalue weighted by atomic mass is 10.1. The number of methoxy groups -OCH3 is 1. The van der Waals surface area contributed by atoms with Crippen molar-refractivity contribution in [3.63, 3.8) is 0 Å². The molecule has 0 aliphatic rings. The van der Waals surface area contributed by atoms with Gasteiger partial charge < -0.3 is 10.1 Å². The van der Waals surface area contributed by atoms with Gasteiger partial charge in [0.05, 0.1) is 12.8 Å². The van der Waals surface area contributed by atoms with Crippen molar-refractivity contribution in [1.29, 1.82) is 0 Å². The number of ether oxygens (including phenoxy) is 1. The Labute approximate surface area is 120 Å². The summed E-state index contributed by atoms with van der Waals surface area (Å²) in [5, 5.41) is 2.91. The fraction of sp³-hybridized carbons (Fsp3) is 0.200. The molecule has 0 spiro atoms. The zero-order chi connectivity index (χ0) is 15.6. The van der Waals surface area contributed by atoms with Crippen molar-refractivity contribution >= 4 is 17.5 Å². The molecule has 0 amide bonds. The predicted octanol–water partition coefficient (Wildman–Crippen LogP) is 3.51.